The quantitative estimate of drug-likeness (QED) is 0.352. The van der Waals surface area contributed by atoms with E-state index in [0.717, 1.165) is 16.6 Å². The van der Waals surface area contributed by atoms with Crippen LogP contribution < -0.4 is 15.1 Å². The molecular formula is C24H19F3N10O. The van der Waals surface area contributed by atoms with Gasteiger partial charge in [-0.25, -0.2) is 24.6 Å². The number of carbonyl (C=O) groups excluding carboxylic acids is 1. The maximum atomic E-state index is 13.9. The standard InChI is InChI=1S/C24H19F3N10O/c1-35-13-31-18-7-6-17(8-19(18)35)36-10-15-9-28-22(29-11-24(25,26)27)33-21(15)37(23(36)38)16-4-2-14(3-5-16)20-30-12-32-34-20/h2-9,12-13H,10-11H2,1H3,(H,28,29,33)(H,30,32,34). The Labute approximate surface area is 213 Å². The van der Waals surface area contributed by atoms with Gasteiger partial charge >= 0.3 is 12.2 Å². The van der Waals surface area contributed by atoms with E-state index in [1.54, 1.807) is 41.6 Å². The molecule has 0 fully saturated rings. The smallest absolute Gasteiger partial charge is 0.345 e. The first-order valence-corrected chi connectivity index (χ1v) is 11.4. The van der Waals surface area contributed by atoms with Crippen LogP contribution in [0.2, 0.25) is 0 Å². The lowest BCUT2D eigenvalue weighted by molar-refractivity contribution is -0.115. The summed E-state index contributed by atoms with van der Waals surface area (Å²) in [6.07, 6.45) is 0.0516. The van der Waals surface area contributed by atoms with E-state index in [1.165, 1.54) is 17.4 Å². The van der Waals surface area contributed by atoms with Crippen LogP contribution in [0.3, 0.4) is 0 Å². The zero-order valence-corrected chi connectivity index (χ0v) is 19.8. The molecule has 0 saturated heterocycles. The van der Waals surface area contributed by atoms with E-state index in [1.807, 2.05) is 23.7 Å². The highest BCUT2D eigenvalue weighted by Gasteiger charge is 2.35. The van der Waals surface area contributed by atoms with Crippen LogP contribution in [0.4, 0.5) is 41.1 Å². The monoisotopic (exact) mass is 520 g/mol. The minimum Gasteiger partial charge on any atom is -0.345 e. The van der Waals surface area contributed by atoms with Crippen molar-refractivity contribution in [2.24, 2.45) is 7.05 Å². The average Bonchev–Trinajstić information content (AvgIpc) is 3.57. The summed E-state index contributed by atoms with van der Waals surface area (Å²) in [6, 6.07) is 12.0. The molecule has 38 heavy (non-hydrogen) atoms. The van der Waals surface area contributed by atoms with Crippen molar-refractivity contribution in [3.05, 3.63) is 66.9 Å². The summed E-state index contributed by atoms with van der Waals surface area (Å²) < 4.78 is 40.2. The summed E-state index contributed by atoms with van der Waals surface area (Å²) in [5, 5.41) is 8.81. The first kappa shape index (κ1) is 23.4. The Bertz CT molecular complexity index is 1630. The second kappa shape index (κ2) is 8.83. The van der Waals surface area contributed by atoms with Crippen LogP contribution in [-0.2, 0) is 13.6 Å². The molecule has 0 spiro atoms. The number of alkyl halides is 3. The molecule has 0 aliphatic carbocycles. The number of amides is 2. The minimum atomic E-state index is -4.45. The molecule has 5 aromatic rings. The zero-order chi connectivity index (χ0) is 26.4. The zero-order valence-electron chi connectivity index (χ0n) is 19.8. The highest BCUT2D eigenvalue weighted by Crippen LogP contribution is 2.37. The molecule has 0 saturated carbocycles. The van der Waals surface area contributed by atoms with Crippen molar-refractivity contribution in [3.63, 3.8) is 0 Å². The molecule has 2 amide bonds. The summed E-state index contributed by atoms with van der Waals surface area (Å²) in [5.74, 6) is 0.510. The number of imidazole rings is 1. The Morgan fingerprint density at radius 3 is 2.58 bits per heavy atom. The number of hydrogen-bond acceptors (Lipinski definition) is 7. The van der Waals surface area contributed by atoms with Gasteiger partial charge in [-0.1, -0.05) is 0 Å². The molecule has 2 aromatic carbocycles. The topological polar surface area (TPSA) is 121 Å². The number of halogens is 3. The number of carbonyl (C=O) groups is 1. The summed E-state index contributed by atoms with van der Waals surface area (Å²) >= 11 is 0. The highest BCUT2D eigenvalue weighted by molar-refractivity contribution is 6.10. The SMILES string of the molecule is Cn1cnc2ccc(N3Cc4cnc(NCC(F)(F)F)nc4N(c4ccc(-c5ncn[nH]5)cc4)C3=O)cc21. The Morgan fingerprint density at radius 1 is 1.05 bits per heavy atom. The fourth-order valence-electron chi connectivity index (χ4n) is 4.25. The lowest BCUT2D eigenvalue weighted by Gasteiger charge is -2.36. The molecule has 0 atom stereocenters. The lowest BCUT2D eigenvalue weighted by atomic mass is 10.1. The third kappa shape index (κ3) is 4.25. The highest BCUT2D eigenvalue weighted by atomic mass is 19.4. The van der Waals surface area contributed by atoms with E-state index in [4.69, 9.17) is 0 Å². The summed E-state index contributed by atoms with van der Waals surface area (Å²) in [7, 11) is 1.86. The molecule has 6 rings (SSSR count). The number of aromatic amines is 1. The van der Waals surface area contributed by atoms with Gasteiger partial charge in [0.25, 0.3) is 0 Å². The molecule has 2 N–H and O–H groups in total. The van der Waals surface area contributed by atoms with Gasteiger partial charge < -0.3 is 9.88 Å². The Hall–Kier alpha value is -5.01. The van der Waals surface area contributed by atoms with Gasteiger partial charge in [0.1, 0.15) is 12.9 Å². The Morgan fingerprint density at radius 2 is 1.84 bits per heavy atom. The van der Waals surface area contributed by atoms with E-state index in [-0.39, 0.29) is 18.3 Å². The number of anilines is 4. The molecule has 0 radical (unpaired) electrons. The van der Waals surface area contributed by atoms with Crippen LogP contribution in [0.15, 0.2) is 61.3 Å². The molecule has 1 aliphatic rings. The summed E-state index contributed by atoms with van der Waals surface area (Å²) in [6.45, 7) is -1.17. The molecule has 0 bridgehead atoms. The van der Waals surface area contributed by atoms with Gasteiger partial charge in [0.15, 0.2) is 11.6 Å². The maximum absolute atomic E-state index is 13.9. The number of aryl methyl sites for hydroxylation is 1. The van der Waals surface area contributed by atoms with Crippen LogP contribution >= 0.6 is 0 Å². The van der Waals surface area contributed by atoms with E-state index >= 15 is 0 Å². The Kier molecular flexibility index (Phi) is 5.43. The number of benzene rings is 2. The number of nitrogens with one attached hydrogen (secondary N) is 2. The van der Waals surface area contributed by atoms with E-state index in [0.29, 0.717) is 22.8 Å². The van der Waals surface area contributed by atoms with E-state index in [9.17, 15) is 18.0 Å². The van der Waals surface area contributed by atoms with Crippen molar-refractivity contribution in [2.45, 2.75) is 12.7 Å². The van der Waals surface area contributed by atoms with Crippen LogP contribution in [0.1, 0.15) is 5.56 Å². The molecule has 192 valence electrons. The van der Waals surface area contributed by atoms with Crippen molar-refractivity contribution in [1.82, 2.24) is 34.7 Å². The second-order valence-corrected chi connectivity index (χ2v) is 8.62. The van der Waals surface area contributed by atoms with Crippen molar-refractivity contribution in [3.8, 4) is 11.4 Å². The fourth-order valence-corrected chi connectivity index (χ4v) is 4.25. The van der Waals surface area contributed by atoms with Crippen LogP contribution in [0, 0.1) is 0 Å². The predicted octanol–water partition coefficient (Wildman–Crippen LogP) is 4.40. The summed E-state index contributed by atoms with van der Waals surface area (Å²) in [5.41, 5.74) is 4.01. The van der Waals surface area contributed by atoms with Gasteiger partial charge in [0, 0.05) is 30.1 Å². The number of hydrogen-bond donors (Lipinski definition) is 2. The molecule has 4 heterocycles. The summed E-state index contributed by atoms with van der Waals surface area (Å²) in [4.78, 5) is 33.7. The van der Waals surface area contributed by atoms with Gasteiger partial charge in [-0.15, -0.1) is 0 Å². The second-order valence-electron chi connectivity index (χ2n) is 8.62. The van der Waals surface area contributed by atoms with Gasteiger partial charge in [-0.2, -0.15) is 23.3 Å². The number of fused-ring (bicyclic) bond motifs is 2. The van der Waals surface area contributed by atoms with Crippen molar-refractivity contribution >= 4 is 40.2 Å². The van der Waals surface area contributed by atoms with Crippen LogP contribution in [-0.4, -0.2) is 53.5 Å². The van der Waals surface area contributed by atoms with Crippen molar-refractivity contribution in [2.75, 3.05) is 21.7 Å². The lowest BCUT2D eigenvalue weighted by Crippen LogP contribution is -2.45. The molecule has 3 aromatic heterocycles. The maximum Gasteiger partial charge on any atom is 0.405 e. The third-order valence-corrected chi connectivity index (χ3v) is 6.09. The number of aromatic nitrogens is 7. The first-order valence-electron chi connectivity index (χ1n) is 11.4. The average molecular weight is 520 g/mol. The molecule has 0 unspecified atom stereocenters. The molecule has 1 aliphatic heterocycles. The van der Waals surface area contributed by atoms with Gasteiger partial charge in [0.2, 0.25) is 5.95 Å². The number of urea groups is 1. The number of rotatable bonds is 5. The Balaban J connectivity index is 1.42. The molecular weight excluding hydrogens is 501 g/mol. The van der Waals surface area contributed by atoms with Crippen LogP contribution in [0.25, 0.3) is 22.4 Å². The minimum absolute atomic E-state index is 0.129. The van der Waals surface area contributed by atoms with Gasteiger partial charge in [0.05, 0.1) is 29.6 Å². The normalized spacial score (nSPS) is 13.7. The first-order chi connectivity index (χ1) is 18.3. The predicted molar refractivity (Wildman–Crippen MR) is 133 cm³/mol. The van der Waals surface area contributed by atoms with E-state index in [2.05, 4.69) is 35.5 Å². The van der Waals surface area contributed by atoms with Gasteiger partial charge in [-0.05, 0) is 42.5 Å². The van der Waals surface area contributed by atoms with Crippen molar-refractivity contribution < 1.29 is 18.0 Å². The van der Waals surface area contributed by atoms with E-state index < -0.39 is 18.8 Å². The number of H-pyrrole nitrogens is 1. The number of nitrogens with zero attached hydrogens (tertiary/aromatic N) is 8. The van der Waals surface area contributed by atoms with Crippen molar-refractivity contribution in [1.29, 1.82) is 0 Å². The fraction of sp³-hybridized carbons (Fsp3) is 0.167. The molecule has 14 heteroatoms. The largest absolute Gasteiger partial charge is 0.405 e. The van der Waals surface area contributed by atoms with Crippen LogP contribution in [0.5, 0.6) is 0 Å². The van der Waals surface area contributed by atoms with Gasteiger partial charge in [-0.3, -0.25) is 10.00 Å². The third-order valence-electron chi connectivity index (χ3n) is 6.09. The molecule has 11 nitrogen and oxygen atoms in total.